The first-order chi connectivity index (χ1) is 27.4. The summed E-state index contributed by atoms with van der Waals surface area (Å²) in [7, 11) is 0. The van der Waals surface area contributed by atoms with Crippen molar-refractivity contribution in [2.75, 3.05) is 35.7 Å². The quantitative estimate of drug-likeness (QED) is 0.0300. The van der Waals surface area contributed by atoms with Gasteiger partial charge < -0.3 is 25.4 Å². The highest BCUT2D eigenvalue weighted by Gasteiger charge is 2.22. The van der Waals surface area contributed by atoms with Crippen LogP contribution in [0.1, 0.15) is 62.9 Å². The number of esters is 1. The second kappa shape index (κ2) is 18.2. The lowest BCUT2D eigenvalue weighted by molar-refractivity contribution is -0.146. The molecule has 0 fully saturated rings. The van der Waals surface area contributed by atoms with E-state index in [2.05, 4.69) is 180 Å². The van der Waals surface area contributed by atoms with Gasteiger partial charge in [-0.15, -0.1) is 6.58 Å². The Morgan fingerprint density at radius 2 is 1.18 bits per heavy atom. The highest BCUT2D eigenvalue weighted by molar-refractivity contribution is 5.97. The molecule has 6 rings (SSSR count). The fourth-order valence-corrected chi connectivity index (χ4v) is 7.73. The van der Waals surface area contributed by atoms with Gasteiger partial charge >= 0.3 is 5.97 Å². The molecule has 6 aromatic rings. The topological polar surface area (TPSA) is 71.6 Å². The number of fused-ring (bicyclic) bond motifs is 1. The molecule has 6 nitrogen and oxygen atoms in total. The Morgan fingerprint density at radius 1 is 0.684 bits per heavy atom. The van der Waals surface area contributed by atoms with Crippen LogP contribution in [0.25, 0.3) is 10.8 Å². The van der Waals surface area contributed by atoms with E-state index in [0.717, 1.165) is 39.2 Å². The van der Waals surface area contributed by atoms with Crippen molar-refractivity contribution in [3.63, 3.8) is 0 Å². The molecule has 0 amide bonds. The summed E-state index contributed by atoms with van der Waals surface area (Å²) in [6, 6.07) is 39.4. The van der Waals surface area contributed by atoms with Gasteiger partial charge in [0.05, 0.1) is 19.8 Å². The summed E-state index contributed by atoms with van der Waals surface area (Å²) >= 11 is 0. The third-order valence-electron chi connectivity index (χ3n) is 10.3. The molecule has 0 aliphatic carbocycles. The van der Waals surface area contributed by atoms with Crippen molar-refractivity contribution >= 4 is 45.2 Å². The zero-order valence-corrected chi connectivity index (χ0v) is 34.4. The molecule has 0 radical (unpaired) electrons. The van der Waals surface area contributed by atoms with Crippen LogP contribution in [0.2, 0.25) is 0 Å². The Hall–Kier alpha value is -6.11. The second-order valence-corrected chi connectivity index (χ2v) is 15.2. The molecule has 1 atom stereocenters. The number of nitrogens with one attached hydrogen (secondary N) is 3. The Balaban J connectivity index is 1.37. The van der Waals surface area contributed by atoms with Gasteiger partial charge in [-0.3, -0.25) is 0 Å². The molecule has 0 aliphatic heterocycles. The fourth-order valence-electron chi connectivity index (χ4n) is 7.73. The van der Waals surface area contributed by atoms with Crippen molar-refractivity contribution in [1.29, 1.82) is 0 Å². The van der Waals surface area contributed by atoms with Crippen LogP contribution in [0, 0.1) is 41.5 Å². The van der Waals surface area contributed by atoms with Crippen LogP contribution >= 0.6 is 0 Å². The molecule has 1 unspecified atom stereocenters. The number of hydrogen-bond acceptors (Lipinski definition) is 6. The molecule has 0 aromatic heterocycles. The maximum Gasteiger partial charge on any atom is 0.333 e. The minimum Gasteiger partial charge on any atom is -0.455 e. The number of ether oxygens (including phenoxy) is 2. The number of anilines is 5. The van der Waals surface area contributed by atoms with Crippen LogP contribution in [0.15, 0.2) is 134 Å². The predicted molar refractivity (Wildman–Crippen MR) is 240 cm³/mol. The molecule has 0 aliphatic rings. The van der Waals surface area contributed by atoms with Crippen LogP contribution in [0.5, 0.6) is 0 Å². The summed E-state index contributed by atoms with van der Waals surface area (Å²) in [6.07, 6.45) is 1.17. The Bertz CT molecular complexity index is 2250. The highest BCUT2D eigenvalue weighted by Crippen LogP contribution is 2.40. The largest absolute Gasteiger partial charge is 0.455 e. The van der Waals surface area contributed by atoms with Gasteiger partial charge in [0.1, 0.15) is 6.10 Å². The first kappa shape index (κ1) is 40.6. The molecule has 0 bridgehead atoms. The van der Waals surface area contributed by atoms with E-state index < -0.39 is 12.1 Å². The number of carbonyl (C=O) groups excluding carboxylic acids is 1. The van der Waals surface area contributed by atoms with Crippen molar-refractivity contribution in [2.24, 2.45) is 0 Å². The van der Waals surface area contributed by atoms with Gasteiger partial charge in [0.15, 0.2) is 0 Å². The van der Waals surface area contributed by atoms with E-state index in [0.29, 0.717) is 18.7 Å². The molecule has 6 aromatic carbocycles. The number of benzene rings is 6. The van der Waals surface area contributed by atoms with Gasteiger partial charge in [-0.2, -0.15) is 0 Å². The van der Waals surface area contributed by atoms with Crippen LogP contribution < -0.4 is 16.0 Å². The lowest BCUT2D eigenvalue weighted by atomic mass is 9.82. The van der Waals surface area contributed by atoms with E-state index in [1.54, 1.807) is 13.0 Å². The molecule has 0 heterocycles. The second-order valence-electron chi connectivity index (χ2n) is 15.2. The number of hydrogen-bond donors (Lipinski definition) is 3. The van der Waals surface area contributed by atoms with Crippen molar-refractivity contribution in [3.8, 4) is 0 Å². The molecule has 6 heteroatoms. The lowest BCUT2D eigenvalue weighted by Gasteiger charge is -2.24. The van der Waals surface area contributed by atoms with Crippen LogP contribution in [0.3, 0.4) is 0 Å². The molecule has 3 N–H and O–H groups in total. The van der Waals surface area contributed by atoms with E-state index in [4.69, 9.17) is 9.47 Å². The summed E-state index contributed by atoms with van der Waals surface area (Å²) in [5.41, 5.74) is 16.6. The maximum absolute atomic E-state index is 12.5. The summed E-state index contributed by atoms with van der Waals surface area (Å²) < 4.78 is 11.4. The first-order valence-electron chi connectivity index (χ1n) is 19.6. The summed E-state index contributed by atoms with van der Waals surface area (Å²) in [5.74, 6) is -0.503. The monoisotopic (exact) mass is 757 g/mol. The maximum atomic E-state index is 12.5. The van der Waals surface area contributed by atoms with E-state index in [1.807, 2.05) is 0 Å². The zero-order chi connectivity index (χ0) is 40.6. The third-order valence-corrected chi connectivity index (χ3v) is 10.3. The van der Waals surface area contributed by atoms with Crippen molar-refractivity contribution in [3.05, 3.63) is 184 Å². The van der Waals surface area contributed by atoms with Crippen LogP contribution in [-0.2, 0) is 14.3 Å². The SMILES string of the molecule is C=CCOCC(CNc1ccc(C(c2ccc(Nc3c(C)cc(C)cc3C)cc2)c2ccc(Nc3c(C)cc(C)cc3C)cc2)c2ccccc12)OC(=O)C(=C)C. The summed E-state index contributed by atoms with van der Waals surface area (Å²) in [5, 5.41) is 13.1. The lowest BCUT2D eigenvalue weighted by Crippen LogP contribution is -2.31. The van der Waals surface area contributed by atoms with E-state index in [1.165, 1.54) is 50.1 Å². The van der Waals surface area contributed by atoms with E-state index >= 15 is 0 Å². The molecule has 292 valence electrons. The smallest absolute Gasteiger partial charge is 0.333 e. The Labute approximate surface area is 338 Å². The molecule has 0 saturated heterocycles. The highest BCUT2D eigenvalue weighted by atomic mass is 16.6. The number of aryl methyl sites for hydroxylation is 6. The van der Waals surface area contributed by atoms with Crippen molar-refractivity contribution in [2.45, 2.75) is 60.5 Å². The van der Waals surface area contributed by atoms with Crippen molar-refractivity contribution in [1.82, 2.24) is 0 Å². The summed E-state index contributed by atoms with van der Waals surface area (Å²) in [4.78, 5) is 12.5. The minimum absolute atomic E-state index is 0.0608. The van der Waals surface area contributed by atoms with Crippen LogP contribution in [-0.4, -0.2) is 31.8 Å². The standard InChI is InChI=1S/C51H55N3O3/c1-10-25-56-31-43(57-51(55)32(2)3)30-52-47-24-23-46(44-13-11-12-14-45(44)47)48(39-15-19-41(20-16-39)53-49-35(6)26-33(4)27-36(49)7)40-17-21-42(22-18-40)54-50-37(8)28-34(5)29-38(50)9/h10-24,26-29,43,48,52-54H,1-2,25,30-31H2,3-9H3. The van der Waals surface area contributed by atoms with Gasteiger partial charge in [0.2, 0.25) is 0 Å². The Kier molecular flexibility index (Phi) is 13.0. The van der Waals surface area contributed by atoms with Gasteiger partial charge in [-0.1, -0.05) is 103 Å². The molecule has 0 spiro atoms. The van der Waals surface area contributed by atoms with Crippen LogP contribution in [0.4, 0.5) is 28.4 Å². The molecular weight excluding hydrogens is 703 g/mol. The van der Waals surface area contributed by atoms with E-state index in [9.17, 15) is 4.79 Å². The minimum atomic E-state index is -0.514. The molecular formula is C51H55N3O3. The van der Waals surface area contributed by atoms with Gasteiger partial charge in [0.25, 0.3) is 0 Å². The first-order valence-corrected chi connectivity index (χ1v) is 19.6. The van der Waals surface area contributed by atoms with Gasteiger partial charge in [0, 0.05) is 45.3 Å². The number of rotatable bonds is 16. The fraction of sp³-hybridized carbons (Fsp3) is 0.235. The van der Waals surface area contributed by atoms with Gasteiger partial charge in [-0.05, 0) is 123 Å². The third kappa shape index (κ3) is 9.83. The van der Waals surface area contributed by atoms with Crippen molar-refractivity contribution < 1.29 is 14.3 Å². The van der Waals surface area contributed by atoms with E-state index in [-0.39, 0.29) is 12.5 Å². The number of carbonyl (C=O) groups is 1. The normalized spacial score (nSPS) is 11.6. The average Bonchev–Trinajstić information content (AvgIpc) is 3.18. The predicted octanol–water partition coefficient (Wildman–Crippen LogP) is 12.5. The zero-order valence-electron chi connectivity index (χ0n) is 34.4. The average molecular weight is 758 g/mol. The Morgan fingerprint density at radius 3 is 1.65 bits per heavy atom. The summed E-state index contributed by atoms with van der Waals surface area (Å²) in [6.45, 7) is 23.0. The van der Waals surface area contributed by atoms with Gasteiger partial charge in [-0.25, -0.2) is 4.79 Å². The molecule has 57 heavy (non-hydrogen) atoms. The molecule has 0 saturated carbocycles.